The number of rotatable bonds is 7. The SMILES string of the molecule is CCCC/C=C\Nc1c(C)c(C)nn1CCC. The van der Waals surface area contributed by atoms with Crippen LogP contribution in [0.2, 0.25) is 0 Å². The normalized spacial score (nSPS) is 11.3. The molecule has 3 heteroatoms. The Kier molecular flexibility index (Phi) is 5.81. The number of hydrogen-bond donors (Lipinski definition) is 1. The summed E-state index contributed by atoms with van der Waals surface area (Å²) < 4.78 is 2.06. The van der Waals surface area contributed by atoms with Gasteiger partial charge in [-0.3, -0.25) is 0 Å². The minimum Gasteiger partial charge on any atom is -0.347 e. The molecule has 0 amide bonds. The molecule has 1 rings (SSSR count). The molecule has 3 nitrogen and oxygen atoms in total. The van der Waals surface area contributed by atoms with Crippen LogP contribution in [0.5, 0.6) is 0 Å². The fourth-order valence-electron chi connectivity index (χ4n) is 1.77. The highest BCUT2D eigenvalue weighted by atomic mass is 15.3. The van der Waals surface area contributed by atoms with Gasteiger partial charge in [-0.25, -0.2) is 4.68 Å². The van der Waals surface area contributed by atoms with E-state index < -0.39 is 0 Å². The first-order valence-electron chi connectivity index (χ1n) is 6.66. The van der Waals surface area contributed by atoms with Crippen molar-refractivity contribution in [2.75, 3.05) is 5.32 Å². The van der Waals surface area contributed by atoms with Gasteiger partial charge < -0.3 is 5.32 Å². The van der Waals surface area contributed by atoms with Crippen molar-refractivity contribution in [1.82, 2.24) is 9.78 Å². The predicted molar refractivity (Wildman–Crippen MR) is 74.3 cm³/mol. The standard InChI is InChI=1S/C14H25N3/c1-5-7-8-9-10-15-14-12(3)13(4)16-17(14)11-6-2/h9-10,15H,5-8,11H2,1-4H3/b10-9-. The topological polar surface area (TPSA) is 29.9 Å². The van der Waals surface area contributed by atoms with Gasteiger partial charge in [0.2, 0.25) is 0 Å². The van der Waals surface area contributed by atoms with Crippen molar-refractivity contribution in [2.24, 2.45) is 0 Å². The van der Waals surface area contributed by atoms with Gasteiger partial charge in [-0.15, -0.1) is 0 Å². The highest BCUT2D eigenvalue weighted by Crippen LogP contribution is 2.18. The molecular weight excluding hydrogens is 210 g/mol. The molecule has 1 aromatic heterocycles. The maximum absolute atomic E-state index is 4.54. The third-order valence-corrected chi connectivity index (χ3v) is 2.92. The number of aryl methyl sites for hydroxylation is 2. The molecule has 0 aliphatic rings. The summed E-state index contributed by atoms with van der Waals surface area (Å²) in [6, 6.07) is 0. The number of hydrogen-bond acceptors (Lipinski definition) is 2. The van der Waals surface area contributed by atoms with E-state index in [2.05, 4.69) is 48.9 Å². The number of anilines is 1. The molecular formula is C14H25N3. The summed E-state index contributed by atoms with van der Waals surface area (Å²) in [5.74, 6) is 1.14. The van der Waals surface area contributed by atoms with Gasteiger partial charge in [-0.05, 0) is 32.9 Å². The quantitative estimate of drug-likeness (QED) is 0.723. The Morgan fingerprint density at radius 2 is 2.00 bits per heavy atom. The van der Waals surface area contributed by atoms with E-state index in [0.717, 1.165) is 30.9 Å². The zero-order chi connectivity index (χ0) is 12.7. The van der Waals surface area contributed by atoms with Crippen LogP contribution in [0.25, 0.3) is 0 Å². The van der Waals surface area contributed by atoms with E-state index in [1.807, 2.05) is 6.20 Å². The van der Waals surface area contributed by atoms with E-state index in [9.17, 15) is 0 Å². The van der Waals surface area contributed by atoms with Crippen molar-refractivity contribution in [3.63, 3.8) is 0 Å². The summed E-state index contributed by atoms with van der Waals surface area (Å²) in [4.78, 5) is 0. The monoisotopic (exact) mass is 235 g/mol. The minimum absolute atomic E-state index is 0.972. The van der Waals surface area contributed by atoms with Crippen molar-refractivity contribution >= 4 is 5.82 Å². The van der Waals surface area contributed by atoms with Gasteiger partial charge in [0.25, 0.3) is 0 Å². The predicted octanol–water partition coefficient (Wildman–Crippen LogP) is 4.03. The Morgan fingerprint density at radius 1 is 1.24 bits per heavy atom. The van der Waals surface area contributed by atoms with Crippen molar-refractivity contribution < 1.29 is 0 Å². The number of aromatic nitrogens is 2. The molecule has 96 valence electrons. The summed E-state index contributed by atoms with van der Waals surface area (Å²) in [5, 5.41) is 7.90. The lowest BCUT2D eigenvalue weighted by Gasteiger charge is -2.06. The van der Waals surface area contributed by atoms with Gasteiger partial charge in [0, 0.05) is 12.1 Å². The Balaban J connectivity index is 2.65. The van der Waals surface area contributed by atoms with Crippen LogP contribution >= 0.6 is 0 Å². The fourth-order valence-corrected chi connectivity index (χ4v) is 1.77. The van der Waals surface area contributed by atoms with Crippen LogP contribution in [-0.4, -0.2) is 9.78 Å². The molecule has 17 heavy (non-hydrogen) atoms. The molecule has 0 radical (unpaired) electrons. The zero-order valence-corrected chi connectivity index (χ0v) is 11.6. The largest absolute Gasteiger partial charge is 0.347 e. The van der Waals surface area contributed by atoms with E-state index in [1.54, 1.807) is 0 Å². The molecule has 1 N–H and O–H groups in total. The number of nitrogens with zero attached hydrogens (tertiary/aromatic N) is 2. The summed E-state index contributed by atoms with van der Waals surface area (Å²) in [6.45, 7) is 9.54. The Hall–Kier alpha value is -1.25. The third-order valence-electron chi connectivity index (χ3n) is 2.92. The van der Waals surface area contributed by atoms with Gasteiger partial charge in [0.05, 0.1) is 5.69 Å². The Bertz CT molecular complexity index is 364. The molecule has 0 unspecified atom stereocenters. The summed E-state index contributed by atoms with van der Waals surface area (Å²) in [6.07, 6.45) is 8.99. The first-order valence-corrected chi connectivity index (χ1v) is 6.66. The van der Waals surface area contributed by atoms with Crippen LogP contribution in [0.15, 0.2) is 12.3 Å². The second-order valence-electron chi connectivity index (χ2n) is 4.47. The van der Waals surface area contributed by atoms with Crippen LogP contribution in [0.3, 0.4) is 0 Å². The Labute approximate surface area is 105 Å². The van der Waals surface area contributed by atoms with E-state index in [4.69, 9.17) is 0 Å². The van der Waals surface area contributed by atoms with Gasteiger partial charge in [-0.2, -0.15) is 5.10 Å². The molecule has 0 aliphatic heterocycles. The van der Waals surface area contributed by atoms with Gasteiger partial charge in [-0.1, -0.05) is 32.8 Å². The smallest absolute Gasteiger partial charge is 0.131 e. The van der Waals surface area contributed by atoms with Crippen molar-refractivity contribution in [1.29, 1.82) is 0 Å². The highest BCUT2D eigenvalue weighted by Gasteiger charge is 2.08. The second-order valence-corrected chi connectivity index (χ2v) is 4.47. The van der Waals surface area contributed by atoms with Gasteiger partial charge in [0.15, 0.2) is 0 Å². The number of nitrogens with one attached hydrogen (secondary N) is 1. The molecule has 0 aromatic carbocycles. The van der Waals surface area contributed by atoms with Gasteiger partial charge in [0.1, 0.15) is 5.82 Å². The van der Waals surface area contributed by atoms with Crippen LogP contribution in [0.4, 0.5) is 5.82 Å². The fraction of sp³-hybridized carbons (Fsp3) is 0.643. The van der Waals surface area contributed by atoms with Crippen molar-refractivity contribution in [2.45, 2.75) is 59.9 Å². The van der Waals surface area contributed by atoms with Gasteiger partial charge >= 0.3 is 0 Å². The molecule has 0 bridgehead atoms. The first kappa shape index (κ1) is 13.8. The first-order chi connectivity index (χ1) is 8.20. The molecule has 0 spiro atoms. The van der Waals surface area contributed by atoms with Crippen molar-refractivity contribution in [3.8, 4) is 0 Å². The Morgan fingerprint density at radius 3 is 2.65 bits per heavy atom. The average Bonchev–Trinajstić information content (AvgIpc) is 2.57. The maximum atomic E-state index is 4.54. The lowest BCUT2D eigenvalue weighted by molar-refractivity contribution is 0.605. The van der Waals surface area contributed by atoms with Crippen LogP contribution in [0, 0.1) is 13.8 Å². The van der Waals surface area contributed by atoms with E-state index in [1.165, 1.54) is 18.4 Å². The van der Waals surface area contributed by atoms with Crippen LogP contribution in [0.1, 0.15) is 50.8 Å². The van der Waals surface area contributed by atoms with Crippen molar-refractivity contribution in [3.05, 3.63) is 23.5 Å². The lowest BCUT2D eigenvalue weighted by Crippen LogP contribution is -2.04. The summed E-state index contributed by atoms with van der Waals surface area (Å²) in [7, 11) is 0. The lowest BCUT2D eigenvalue weighted by atomic mass is 10.2. The molecule has 0 aliphatic carbocycles. The van der Waals surface area contributed by atoms with E-state index >= 15 is 0 Å². The minimum atomic E-state index is 0.972. The second kappa shape index (κ2) is 7.15. The zero-order valence-electron chi connectivity index (χ0n) is 11.6. The van der Waals surface area contributed by atoms with E-state index in [0.29, 0.717) is 0 Å². The molecule has 0 saturated carbocycles. The van der Waals surface area contributed by atoms with Crippen LogP contribution in [-0.2, 0) is 6.54 Å². The molecule has 1 aromatic rings. The molecule has 0 atom stereocenters. The summed E-state index contributed by atoms with van der Waals surface area (Å²) >= 11 is 0. The maximum Gasteiger partial charge on any atom is 0.131 e. The van der Waals surface area contributed by atoms with Crippen LogP contribution < -0.4 is 5.32 Å². The highest BCUT2D eigenvalue weighted by molar-refractivity contribution is 5.48. The summed E-state index contributed by atoms with van der Waals surface area (Å²) in [5.41, 5.74) is 2.36. The molecule has 0 saturated heterocycles. The van der Waals surface area contributed by atoms with E-state index in [-0.39, 0.29) is 0 Å². The molecule has 0 fully saturated rings. The number of allylic oxidation sites excluding steroid dienone is 1. The third kappa shape index (κ3) is 3.91. The molecule has 1 heterocycles. The average molecular weight is 235 g/mol. The number of unbranched alkanes of at least 4 members (excludes halogenated alkanes) is 2.